The van der Waals surface area contributed by atoms with Gasteiger partial charge in [0.2, 0.25) is 0 Å². The van der Waals surface area contributed by atoms with Gasteiger partial charge >= 0.3 is 0 Å². The third kappa shape index (κ3) is 4.36. The predicted octanol–water partition coefficient (Wildman–Crippen LogP) is 1.34. The summed E-state index contributed by atoms with van der Waals surface area (Å²) in [5.74, 6) is 0.0521. The van der Waals surface area contributed by atoms with Crippen molar-refractivity contribution >= 4 is 28.2 Å². The van der Waals surface area contributed by atoms with Crippen molar-refractivity contribution in [3.63, 3.8) is 0 Å². The molecule has 1 amide bonds. The van der Waals surface area contributed by atoms with Crippen molar-refractivity contribution in [3.05, 3.63) is 4.88 Å². The monoisotopic (exact) mass is 286 g/mol. The number of hydrogen-bond donors (Lipinski definition) is 2. The molecule has 1 aromatic heterocycles. The van der Waals surface area contributed by atoms with Gasteiger partial charge in [-0.1, -0.05) is 11.3 Å². The Bertz CT molecular complexity index is 443. The van der Waals surface area contributed by atoms with E-state index in [2.05, 4.69) is 10.3 Å². The van der Waals surface area contributed by atoms with E-state index in [9.17, 15) is 4.79 Å². The molecule has 0 unspecified atom stereocenters. The first kappa shape index (κ1) is 15.7. The van der Waals surface area contributed by atoms with Crippen LogP contribution in [0.2, 0.25) is 0 Å². The molecule has 1 rings (SSSR count). The van der Waals surface area contributed by atoms with Crippen molar-refractivity contribution in [1.29, 1.82) is 0 Å². The van der Waals surface area contributed by atoms with E-state index in [1.165, 1.54) is 11.3 Å². The van der Waals surface area contributed by atoms with Crippen LogP contribution in [0.5, 0.6) is 0 Å². The van der Waals surface area contributed by atoms with Crippen LogP contribution in [0.25, 0.3) is 0 Å². The van der Waals surface area contributed by atoms with Gasteiger partial charge in [0.15, 0.2) is 5.13 Å². The zero-order valence-corrected chi connectivity index (χ0v) is 12.9. The van der Waals surface area contributed by atoms with E-state index < -0.39 is 5.60 Å². The number of hydrogen-bond acceptors (Lipinski definition) is 6. The van der Waals surface area contributed by atoms with Gasteiger partial charge in [0.05, 0.1) is 5.60 Å². The minimum atomic E-state index is -0.395. The van der Waals surface area contributed by atoms with Crippen LogP contribution in [-0.4, -0.2) is 43.7 Å². The summed E-state index contributed by atoms with van der Waals surface area (Å²) in [5, 5.41) is 3.54. The van der Waals surface area contributed by atoms with Gasteiger partial charge in [-0.2, -0.15) is 0 Å². The molecule has 7 heteroatoms. The molecule has 0 aliphatic heterocycles. The summed E-state index contributed by atoms with van der Waals surface area (Å²) in [4.78, 5) is 18.5. The van der Waals surface area contributed by atoms with Crippen LogP contribution in [0.1, 0.15) is 30.4 Å². The molecule has 0 radical (unpaired) electrons. The standard InChI is InChI=1S/C12H22N4O2S/c1-6-18-12(2,3)7-14-10(17)8-9(13)15-11(19-8)16(4)5/h6-7,13H2,1-5H3,(H,14,17). The number of anilines is 2. The Morgan fingerprint density at radius 3 is 2.63 bits per heavy atom. The Balaban J connectivity index is 2.68. The van der Waals surface area contributed by atoms with Crippen LogP contribution < -0.4 is 16.0 Å². The number of nitrogens with two attached hydrogens (primary N) is 1. The lowest BCUT2D eigenvalue weighted by molar-refractivity contribution is -0.00812. The number of carbonyl (C=O) groups excluding carboxylic acids is 1. The van der Waals surface area contributed by atoms with Gasteiger partial charge in [0.25, 0.3) is 5.91 Å². The van der Waals surface area contributed by atoms with Crippen molar-refractivity contribution in [1.82, 2.24) is 10.3 Å². The van der Waals surface area contributed by atoms with Crippen LogP contribution in [0.15, 0.2) is 0 Å². The number of ether oxygens (including phenoxy) is 1. The molecule has 1 heterocycles. The zero-order chi connectivity index (χ0) is 14.6. The lowest BCUT2D eigenvalue weighted by atomic mass is 10.1. The third-order valence-electron chi connectivity index (χ3n) is 2.44. The maximum atomic E-state index is 12.1. The maximum absolute atomic E-state index is 12.1. The maximum Gasteiger partial charge on any atom is 0.265 e. The molecule has 6 nitrogen and oxygen atoms in total. The Hall–Kier alpha value is -1.34. The van der Waals surface area contributed by atoms with Crippen LogP contribution in [0, 0.1) is 0 Å². The molecule has 0 saturated carbocycles. The number of nitrogens with one attached hydrogen (secondary N) is 1. The molecule has 0 aliphatic rings. The number of thiazole rings is 1. The van der Waals surface area contributed by atoms with Crippen molar-refractivity contribution in [3.8, 4) is 0 Å². The lowest BCUT2D eigenvalue weighted by Gasteiger charge is -2.24. The highest BCUT2D eigenvalue weighted by Gasteiger charge is 2.22. The number of amides is 1. The van der Waals surface area contributed by atoms with Crippen molar-refractivity contribution < 1.29 is 9.53 Å². The Kier molecular flexibility index (Phi) is 5.13. The Morgan fingerprint density at radius 2 is 2.16 bits per heavy atom. The molecule has 0 atom stereocenters. The van der Waals surface area contributed by atoms with E-state index in [1.54, 1.807) is 0 Å². The second-order valence-electron chi connectivity index (χ2n) is 4.98. The summed E-state index contributed by atoms with van der Waals surface area (Å²) in [7, 11) is 3.72. The van der Waals surface area contributed by atoms with Crippen LogP contribution in [0.3, 0.4) is 0 Å². The summed E-state index contributed by atoms with van der Waals surface area (Å²) < 4.78 is 5.52. The molecular weight excluding hydrogens is 264 g/mol. The van der Waals surface area contributed by atoms with Crippen LogP contribution >= 0.6 is 11.3 Å². The van der Waals surface area contributed by atoms with Crippen molar-refractivity contribution in [2.75, 3.05) is 37.9 Å². The van der Waals surface area contributed by atoms with Crippen LogP contribution in [0.4, 0.5) is 10.9 Å². The SMILES string of the molecule is CCOC(C)(C)CNC(=O)c1sc(N(C)C)nc1N. The van der Waals surface area contributed by atoms with E-state index >= 15 is 0 Å². The number of nitrogen functional groups attached to an aromatic ring is 1. The molecule has 3 N–H and O–H groups in total. The first-order valence-electron chi connectivity index (χ1n) is 6.12. The van der Waals surface area contributed by atoms with Gasteiger partial charge < -0.3 is 20.7 Å². The molecule has 0 bridgehead atoms. The Labute approximate surface area is 118 Å². The summed E-state index contributed by atoms with van der Waals surface area (Å²) in [6.45, 7) is 6.81. The third-order valence-corrected chi connectivity index (χ3v) is 3.68. The predicted molar refractivity (Wildman–Crippen MR) is 78.9 cm³/mol. The first-order chi connectivity index (χ1) is 8.76. The fraction of sp³-hybridized carbons (Fsp3) is 0.667. The fourth-order valence-electron chi connectivity index (χ4n) is 1.49. The molecular formula is C12H22N4O2S. The normalized spacial score (nSPS) is 11.4. The topological polar surface area (TPSA) is 80.5 Å². The van der Waals surface area contributed by atoms with Gasteiger partial charge in [0.1, 0.15) is 10.7 Å². The largest absolute Gasteiger partial charge is 0.382 e. The second-order valence-corrected chi connectivity index (χ2v) is 5.96. The lowest BCUT2D eigenvalue weighted by Crippen LogP contribution is -2.40. The number of rotatable bonds is 6. The molecule has 1 aromatic rings. The number of carbonyl (C=O) groups is 1. The van der Waals surface area contributed by atoms with Crippen molar-refractivity contribution in [2.24, 2.45) is 0 Å². The molecule has 108 valence electrons. The van der Waals surface area contributed by atoms with Gasteiger partial charge in [-0.05, 0) is 20.8 Å². The second kappa shape index (κ2) is 6.21. The van der Waals surface area contributed by atoms with E-state index in [0.29, 0.717) is 23.2 Å². The van der Waals surface area contributed by atoms with E-state index in [-0.39, 0.29) is 11.7 Å². The average Bonchev–Trinajstić information content (AvgIpc) is 2.68. The summed E-state index contributed by atoms with van der Waals surface area (Å²) in [6.07, 6.45) is 0. The molecule has 0 fully saturated rings. The van der Waals surface area contributed by atoms with E-state index in [0.717, 1.165) is 0 Å². The summed E-state index contributed by atoms with van der Waals surface area (Å²) in [5.41, 5.74) is 5.36. The molecule has 0 spiro atoms. The average molecular weight is 286 g/mol. The molecule has 19 heavy (non-hydrogen) atoms. The van der Waals surface area contributed by atoms with Crippen molar-refractivity contribution in [2.45, 2.75) is 26.4 Å². The van der Waals surface area contributed by atoms with Gasteiger partial charge in [0, 0.05) is 27.2 Å². The fourth-order valence-corrected chi connectivity index (χ4v) is 2.31. The number of aromatic nitrogens is 1. The summed E-state index contributed by atoms with van der Waals surface area (Å²) >= 11 is 1.28. The van der Waals surface area contributed by atoms with Gasteiger partial charge in [-0.15, -0.1) is 0 Å². The number of nitrogens with zero attached hydrogens (tertiary/aromatic N) is 2. The molecule has 0 aliphatic carbocycles. The minimum absolute atomic E-state index is 0.212. The highest BCUT2D eigenvalue weighted by Crippen LogP contribution is 2.26. The smallest absolute Gasteiger partial charge is 0.265 e. The molecule has 0 aromatic carbocycles. The highest BCUT2D eigenvalue weighted by molar-refractivity contribution is 7.18. The minimum Gasteiger partial charge on any atom is -0.382 e. The van der Waals surface area contributed by atoms with Crippen LogP contribution in [-0.2, 0) is 4.74 Å². The van der Waals surface area contributed by atoms with Gasteiger partial charge in [-0.3, -0.25) is 4.79 Å². The van der Waals surface area contributed by atoms with E-state index in [4.69, 9.17) is 10.5 Å². The first-order valence-corrected chi connectivity index (χ1v) is 6.94. The zero-order valence-electron chi connectivity index (χ0n) is 12.1. The Morgan fingerprint density at radius 1 is 1.53 bits per heavy atom. The summed E-state index contributed by atoms with van der Waals surface area (Å²) in [6, 6.07) is 0. The van der Waals surface area contributed by atoms with E-state index in [1.807, 2.05) is 39.8 Å². The van der Waals surface area contributed by atoms with Gasteiger partial charge in [-0.25, -0.2) is 4.98 Å². The quantitative estimate of drug-likeness (QED) is 0.825. The molecule has 0 saturated heterocycles. The highest BCUT2D eigenvalue weighted by atomic mass is 32.1.